The molecule has 0 atom stereocenters. The number of rotatable bonds is 8. The number of fused-ring (bicyclic) bond motifs is 1. The predicted molar refractivity (Wildman–Crippen MR) is 145 cm³/mol. The first-order valence-corrected chi connectivity index (χ1v) is 13.4. The highest BCUT2D eigenvalue weighted by atomic mass is 16.5. The van der Waals surface area contributed by atoms with Crippen LogP contribution in [0.3, 0.4) is 0 Å². The lowest BCUT2D eigenvalue weighted by atomic mass is 9.89. The number of likely N-dealkylation sites (tertiary alicyclic amines) is 1. The zero-order valence-electron chi connectivity index (χ0n) is 21.9. The summed E-state index contributed by atoms with van der Waals surface area (Å²) < 4.78 is 7.55. The number of aromatic nitrogens is 4. The highest BCUT2D eigenvalue weighted by Crippen LogP contribution is 2.28. The van der Waals surface area contributed by atoms with Gasteiger partial charge in [-0.3, -0.25) is 9.48 Å². The average molecular weight is 507 g/mol. The van der Waals surface area contributed by atoms with E-state index in [-0.39, 0.29) is 17.9 Å². The zero-order valence-corrected chi connectivity index (χ0v) is 21.9. The van der Waals surface area contributed by atoms with Crippen molar-refractivity contribution in [2.75, 3.05) is 44.8 Å². The van der Waals surface area contributed by atoms with Crippen LogP contribution in [-0.4, -0.2) is 70.4 Å². The van der Waals surface area contributed by atoms with E-state index in [1.54, 1.807) is 13.3 Å². The minimum atomic E-state index is -0.0676. The molecule has 1 saturated carbocycles. The summed E-state index contributed by atoms with van der Waals surface area (Å²) in [4.78, 5) is 24.1. The minimum absolute atomic E-state index is 0.0676. The lowest BCUT2D eigenvalue weighted by molar-refractivity contribution is 0.0916. The molecule has 3 aromatic rings. The van der Waals surface area contributed by atoms with Gasteiger partial charge in [0.15, 0.2) is 5.82 Å². The van der Waals surface area contributed by atoms with Crippen LogP contribution in [0.25, 0.3) is 11.0 Å². The van der Waals surface area contributed by atoms with Crippen LogP contribution in [0.15, 0.2) is 24.4 Å². The van der Waals surface area contributed by atoms with Gasteiger partial charge in [0.1, 0.15) is 16.8 Å². The molecule has 1 saturated heterocycles. The lowest BCUT2D eigenvalue weighted by Gasteiger charge is -2.29. The molecule has 5 rings (SSSR count). The van der Waals surface area contributed by atoms with Gasteiger partial charge in [0.2, 0.25) is 5.95 Å². The maximum absolute atomic E-state index is 12.9. The number of benzene rings is 1. The molecular weight excluding hydrogens is 468 g/mol. The molecule has 3 heterocycles. The quantitative estimate of drug-likeness (QED) is 0.425. The number of nitrogens with two attached hydrogens (primary N) is 1. The third-order valence-corrected chi connectivity index (χ3v) is 7.71. The topological polar surface area (TPSA) is 123 Å². The Morgan fingerprint density at radius 3 is 2.68 bits per heavy atom. The Morgan fingerprint density at radius 1 is 1.14 bits per heavy atom. The van der Waals surface area contributed by atoms with Crippen molar-refractivity contribution in [1.29, 1.82) is 0 Å². The normalized spacial score (nSPS) is 17.7. The van der Waals surface area contributed by atoms with Crippen molar-refractivity contribution < 1.29 is 9.53 Å². The van der Waals surface area contributed by atoms with E-state index in [1.165, 1.54) is 32.1 Å². The molecule has 1 aromatic carbocycles. The van der Waals surface area contributed by atoms with Crippen LogP contribution in [0, 0.1) is 5.92 Å². The van der Waals surface area contributed by atoms with Gasteiger partial charge in [-0.1, -0.05) is 25.3 Å². The van der Waals surface area contributed by atoms with Crippen molar-refractivity contribution in [2.45, 2.75) is 57.5 Å². The summed E-state index contributed by atoms with van der Waals surface area (Å²) in [6.07, 6.45) is 10.0. The fourth-order valence-corrected chi connectivity index (χ4v) is 5.49. The third-order valence-electron chi connectivity index (χ3n) is 7.71. The molecule has 198 valence electrons. The Hall–Kier alpha value is -3.40. The number of methoxy groups -OCH3 is 1. The largest absolute Gasteiger partial charge is 0.496 e. The van der Waals surface area contributed by atoms with Gasteiger partial charge < -0.3 is 26.0 Å². The summed E-state index contributed by atoms with van der Waals surface area (Å²) in [7, 11) is 3.74. The second-order valence-corrected chi connectivity index (χ2v) is 10.4. The average Bonchev–Trinajstić information content (AvgIpc) is 3.31. The van der Waals surface area contributed by atoms with Gasteiger partial charge in [-0.2, -0.15) is 10.1 Å². The maximum atomic E-state index is 12.9. The van der Waals surface area contributed by atoms with E-state index < -0.39 is 0 Å². The van der Waals surface area contributed by atoms with Gasteiger partial charge in [-0.25, -0.2) is 4.98 Å². The minimum Gasteiger partial charge on any atom is -0.496 e. The number of nitrogens with zero attached hydrogens (tertiary/aromatic N) is 5. The number of nitrogens with one attached hydrogen (secondary N) is 2. The monoisotopic (exact) mass is 506 g/mol. The SMILES string of the molecule is COc1cc(C(=O)NC2CCN(C)CC2)ccc1Cn1ncc2nc(N)nc(NCC3CCCCC3)c21. The Balaban J connectivity index is 1.33. The molecular formula is C27H38N8O2. The number of carbonyl (C=O) groups is 1. The first kappa shape index (κ1) is 25.3. The van der Waals surface area contributed by atoms with Crippen molar-refractivity contribution in [3.05, 3.63) is 35.5 Å². The second kappa shape index (κ2) is 11.3. The number of carbonyl (C=O) groups excluding carboxylic acids is 1. The van der Waals surface area contributed by atoms with Crippen LogP contribution in [0.5, 0.6) is 5.75 Å². The van der Waals surface area contributed by atoms with E-state index in [0.717, 1.165) is 43.6 Å². The van der Waals surface area contributed by atoms with Gasteiger partial charge in [0.25, 0.3) is 5.91 Å². The van der Waals surface area contributed by atoms with Gasteiger partial charge in [0.05, 0.1) is 19.9 Å². The number of hydrogen-bond acceptors (Lipinski definition) is 8. The Labute approximate surface area is 218 Å². The van der Waals surface area contributed by atoms with Crippen LogP contribution in [0.1, 0.15) is 60.9 Å². The molecule has 2 aromatic heterocycles. The number of ether oxygens (including phenoxy) is 1. The molecule has 1 aliphatic heterocycles. The molecule has 1 aliphatic carbocycles. The summed E-state index contributed by atoms with van der Waals surface area (Å²) >= 11 is 0. The fourth-order valence-electron chi connectivity index (χ4n) is 5.49. The molecule has 0 radical (unpaired) electrons. The molecule has 0 spiro atoms. The van der Waals surface area contributed by atoms with Gasteiger partial charge >= 0.3 is 0 Å². The molecule has 2 fully saturated rings. The van der Waals surface area contributed by atoms with Crippen molar-refractivity contribution in [1.82, 2.24) is 30.0 Å². The van der Waals surface area contributed by atoms with E-state index in [9.17, 15) is 4.79 Å². The number of piperidine rings is 1. The van der Waals surface area contributed by atoms with Crippen LogP contribution in [0.4, 0.5) is 11.8 Å². The summed E-state index contributed by atoms with van der Waals surface area (Å²) in [5, 5.41) is 11.3. The highest BCUT2D eigenvalue weighted by molar-refractivity contribution is 5.95. The smallest absolute Gasteiger partial charge is 0.251 e. The third kappa shape index (κ3) is 5.95. The van der Waals surface area contributed by atoms with E-state index in [2.05, 4.69) is 37.6 Å². The first-order chi connectivity index (χ1) is 18.0. The molecule has 37 heavy (non-hydrogen) atoms. The number of amides is 1. The summed E-state index contributed by atoms with van der Waals surface area (Å²) in [6.45, 7) is 3.31. The predicted octanol–water partition coefficient (Wildman–Crippen LogP) is 3.28. The van der Waals surface area contributed by atoms with Crippen molar-refractivity contribution in [3.8, 4) is 5.75 Å². The molecule has 2 aliphatic rings. The van der Waals surface area contributed by atoms with Crippen LogP contribution in [-0.2, 0) is 6.54 Å². The van der Waals surface area contributed by atoms with Crippen molar-refractivity contribution in [2.24, 2.45) is 5.92 Å². The number of hydrogen-bond donors (Lipinski definition) is 3. The fraction of sp³-hybridized carbons (Fsp3) is 0.556. The van der Waals surface area contributed by atoms with Crippen LogP contribution in [0.2, 0.25) is 0 Å². The molecule has 10 heteroatoms. The zero-order chi connectivity index (χ0) is 25.8. The summed E-state index contributed by atoms with van der Waals surface area (Å²) in [6, 6.07) is 5.80. The number of anilines is 2. The second-order valence-electron chi connectivity index (χ2n) is 10.4. The molecule has 0 unspecified atom stereocenters. The van der Waals surface area contributed by atoms with E-state index in [1.807, 2.05) is 22.9 Å². The lowest BCUT2D eigenvalue weighted by Crippen LogP contribution is -2.43. The van der Waals surface area contributed by atoms with Gasteiger partial charge in [-0.15, -0.1) is 0 Å². The Kier molecular flexibility index (Phi) is 7.73. The molecule has 0 bridgehead atoms. The van der Waals surface area contributed by atoms with Gasteiger partial charge in [-0.05, 0) is 63.9 Å². The van der Waals surface area contributed by atoms with E-state index in [4.69, 9.17) is 10.5 Å². The Morgan fingerprint density at radius 2 is 1.92 bits per heavy atom. The van der Waals surface area contributed by atoms with Crippen molar-refractivity contribution in [3.63, 3.8) is 0 Å². The van der Waals surface area contributed by atoms with Crippen LogP contribution >= 0.6 is 0 Å². The first-order valence-electron chi connectivity index (χ1n) is 13.4. The summed E-state index contributed by atoms with van der Waals surface area (Å²) in [5.41, 5.74) is 9.03. The molecule has 1 amide bonds. The molecule has 4 N–H and O–H groups in total. The van der Waals surface area contributed by atoms with Crippen molar-refractivity contribution >= 4 is 28.7 Å². The standard InChI is InChI=1S/C27H38N8O2/c1-34-12-10-21(11-13-34)31-26(36)19-8-9-20(23(14-19)37-2)17-35-24-22(16-30-35)32-27(28)33-25(24)29-15-18-6-4-3-5-7-18/h8-9,14,16,18,21H,3-7,10-13,15,17H2,1-2H3,(H,31,36)(H3,28,29,32,33). The highest BCUT2D eigenvalue weighted by Gasteiger charge is 2.21. The van der Waals surface area contributed by atoms with E-state index >= 15 is 0 Å². The molecule has 10 nitrogen and oxygen atoms in total. The summed E-state index contributed by atoms with van der Waals surface area (Å²) in [5.74, 6) is 2.16. The number of nitrogen functional groups attached to an aromatic ring is 1. The van der Waals surface area contributed by atoms with Gasteiger partial charge in [0, 0.05) is 23.7 Å². The maximum Gasteiger partial charge on any atom is 0.251 e. The van der Waals surface area contributed by atoms with E-state index in [0.29, 0.717) is 35.1 Å². The van der Waals surface area contributed by atoms with Crippen LogP contribution < -0.4 is 21.1 Å². The Bertz CT molecular complexity index is 1230.